The lowest BCUT2D eigenvalue weighted by Gasteiger charge is -2.11. The second kappa shape index (κ2) is 6.07. The average Bonchev–Trinajstić information content (AvgIpc) is 3.14. The molecule has 0 nitrogen and oxygen atoms in total. The Kier molecular flexibility index (Phi) is 4.14. The largest absolute Gasteiger partial charge is 0.141 e. The predicted octanol–water partition coefficient (Wildman–Crippen LogP) is 7.05. The molecule has 0 spiro atoms. The number of rotatable bonds is 4. The topological polar surface area (TPSA) is 0 Å². The molecule has 0 amide bonds. The molecule has 0 aliphatic rings. The second-order valence-corrected chi connectivity index (χ2v) is 7.83. The molecule has 22 heavy (non-hydrogen) atoms. The van der Waals surface area contributed by atoms with Gasteiger partial charge in [-0.05, 0) is 72.5 Å². The van der Waals surface area contributed by atoms with Gasteiger partial charge in [-0.25, -0.2) is 0 Å². The number of aryl methyl sites for hydroxylation is 2. The average molecular weight is 322 g/mol. The molecule has 0 fully saturated rings. The molecule has 0 aliphatic heterocycles. The summed E-state index contributed by atoms with van der Waals surface area (Å²) in [6.07, 6.45) is 3.89. The zero-order valence-electron chi connectivity index (χ0n) is 12.8. The highest BCUT2D eigenvalue weighted by Crippen LogP contribution is 2.38. The minimum absolute atomic E-state index is 1.17. The van der Waals surface area contributed by atoms with E-state index in [1.54, 1.807) is 0 Å². The third kappa shape index (κ3) is 2.72. The van der Waals surface area contributed by atoms with Gasteiger partial charge in [-0.2, -0.15) is 0 Å². The van der Waals surface area contributed by atoms with E-state index in [1.165, 1.54) is 41.8 Å². The van der Waals surface area contributed by atoms with Crippen molar-refractivity contribution in [3.8, 4) is 20.9 Å². The van der Waals surface area contributed by atoms with Crippen LogP contribution in [0.15, 0.2) is 49.6 Å². The summed E-state index contributed by atoms with van der Waals surface area (Å²) in [4.78, 5) is 5.21. The standard InChI is InChI=1S/C20H18S2/c1-5-15-11-18(20-10-8-14(4)22-20)16(6-2)12-17(15)19-9-7-13(3)21-19/h5-12H,1-2H2,3-4H3. The van der Waals surface area contributed by atoms with Gasteiger partial charge in [0, 0.05) is 19.5 Å². The fourth-order valence-corrected chi connectivity index (χ4v) is 4.37. The maximum Gasteiger partial charge on any atom is 0.0351 e. The zero-order valence-corrected chi connectivity index (χ0v) is 14.5. The number of hydrogen-bond acceptors (Lipinski definition) is 2. The van der Waals surface area contributed by atoms with E-state index in [-0.39, 0.29) is 0 Å². The van der Waals surface area contributed by atoms with Crippen LogP contribution in [0, 0.1) is 13.8 Å². The summed E-state index contributed by atoms with van der Waals surface area (Å²) in [5.74, 6) is 0. The molecule has 110 valence electrons. The van der Waals surface area contributed by atoms with Gasteiger partial charge in [0.25, 0.3) is 0 Å². The highest BCUT2D eigenvalue weighted by atomic mass is 32.1. The first-order chi connectivity index (χ1) is 10.6. The summed E-state index contributed by atoms with van der Waals surface area (Å²) >= 11 is 3.63. The molecule has 0 saturated carbocycles. The molecule has 3 aromatic rings. The number of hydrogen-bond donors (Lipinski definition) is 0. The van der Waals surface area contributed by atoms with Crippen LogP contribution in [-0.2, 0) is 0 Å². The van der Waals surface area contributed by atoms with Gasteiger partial charge in [-0.3, -0.25) is 0 Å². The van der Waals surface area contributed by atoms with Gasteiger partial charge in [0.15, 0.2) is 0 Å². The highest BCUT2D eigenvalue weighted by molar-refractivity contribution is 7.15. The van der Waals surface area contributed by atoms with E-state index in [1.807, 2.05) is 34.8 Å². The molecule has 2 heterocycles. The Balaban J connectivity index is 2.22. The minimum atomic E-state index is 1.17. The van der Waals surface area contributed by atoms with Crippen LogP contribution in [-0.4, -0.2) is 0 Å². The third-order valence-electron chi connectivity index (χ3n) is 3.67. The Morgan fingerprint density at radius 1 is 0.727 bits per heavy atom. The molecule has 0 bridgehead atoms. The molecule has 2 aromatic heterocycles. The SMILES string of the molecule is C=Cc1cc(-c2ccc(C)s2)c(C=C)cc1-c1ccc(C)s1. The fourth-order valence-electron chi connectivity index (χ4n) is 2.56. The van der Waals surface area contributed by atoms with Crippen molar-refractivity contribution in [3.63, 3.8) is 0 Å². The van der Waals surface area contributed by atoms with Crippen molar-refractivity contribution in [3.05, 3.63) is 70.4 Å². The van der Waals surface area contributed by atoms with Gasteiger partial charge < -0.3 is 0 Å². The van der Waals surface area contributed by atoms with E-state index < -0.39 is 0 Å². The van der Waals surface area contributed by atoms with Crippen molar-refractivity contribution in [2.24, 2.45) is 0 Å². The molecule has 0 unspecified atom stereocenters. The van der Waals surface area contributed by atoms with E-state index in [2.05, 4.69) is 63.4 Å². The van der Waals surface area contributed by atoms with Crippen LogP contribution in [0.1, 0.15) is 20.9 Å². The summed E-state index contributed by atoms with van der Waals surface area (Å²) in [5, 5.41) is 0. The van der Waals surface area contributed by atoms with Crippen LogP contribution >= 0.6 is 22.7 Å². The van der Waals surface area contributed by atoms with E-state index in [4.69, 9.17) is 0 Å². The van der Waals surface area contributed by atoms with Gasteiger partial charge in [0.05, 0.1) is 0 Å². The van der Waals surface area contributed by atoms with Crippen LogP contribution in [0.2, 0.25) is 0 Å². The smallest absolute Gasteiger partial charge is 0.0351 e. The minimum Gasteiger partial charge on any atom is -0.141 e. The Morgan fingerprint density at radius 3 is 1.41 bits per heavy atom. The monoisotopic (exact) mass is 322 g/mol. The molecule has 0 saturated heterocycles. The van der Waals surface area contributed by atoms with Crippen molar-refractivity contribution in [1.82, 2.24) is 0 Å². The first kappa shape index (κ1) is 15.0. The van der Waals surface area contributed by atoms with Gasteiger partial charge in [-0.15, -0.1) is 22.7 Å². The van der Waals surface area contributed by atoms with Crippen LogP contribution in [0.4, 0.5) is 0 Å². The van der Waals surface area contributed by atoms with E-state index in [0.717, 1.165) is 0 Å². The molecule has 0 atom stereocenters. The van der Waals surface area contributed by atoms with Crippen molar-refractivity contribution in [1.29, 1.82) is 0 Å². The van der Waals surface area contributed by atoms with Crippen molar-refractivity contribution >= 4 is 34.8 Å². The molecule has 0 radical (unpaired) electrons. The van der Waals surface area contributed by atoms with Gasteiger partial charge in [-0.1, -0.05) is 25.3 Å². The van der Waals surface area contributed by atoms with Crippen LogP contribution < -0.4 is 0 Å². The molecule has 2 heteroatoms. The normalized spacial score (nSPS) is 10.6. The highest BCUT2D eigenvalue weighted by Gasteiger charge is 2.12. The number of thiophene rings is 2. The zero-order chi connectivity index (χ0) is 15.7. The fraction of sp³-hybridized carbons (Fsp3) is 0.100. The summed E-state index contributed by atoms with van der Waals surface area (Å²) in [6.45, 7) is 12.3. The summed E-state index contributed by atoms with van der Waals surface area (Å²) in [5.41, 5.74) is 4.82. The predicted molar refractivity (Wildman–Crippen MR) is 103 cm³/mol. The lowest BCUT2D eigenvalue weighted by molar-refractivity contribution is 1.61. The second-order valence-electron chi connectivity index (χ2n) is 5.26. The Hall–Kier alpha value is -1.90. The van der Waals surface area contributed by atoms with E-state index in [9.17, 15) is 0 Å². The van der Waals surface area contributed by atoms with Crippen molar-refractivity contribution in [2.75, 3.05) is 0 Å². The summed E-state index contributed by atoms with van der Waals surface area (Å²) < 4.78 is 0. The van der Waals surface area contributed by atoms with Crippen molar-refractivity contribution < 1.29 is 0 Å². The maximum absolute atomic E-state index is 4.00. The Bertz CT molecular complexity index is 774. The summed E-state index contributed by atoms with van der Waals surface area (Å²) in [7, 11) is 0. The molecule has 0 aliphatic carbocycles. The lowest BCUT2D eigenvalue weighted by Crippen LogP contribution is -1.87. The molecular formula is C20H18S2. The Labute approximate surface area is 140 Å². The quantitative estimate of drug-likeness (QED) is 0.483. The van der Waals surface area contributed by atoms with Crippen LogP contribution in [0.3, 0.4) is 0 Å². The van der Waals surface area contributed by atoms with Gasteiger partial charge in [0.1, 0.15) is 0 Å². The molecular weight excluding hydrogens is 304 g/mol. The Morgan fingerprint density at radius 2 is 1.14 bits per heavy atom. The summed E-state index contributed by atoms with van der Waals surface area (Å²) in [6, 6.07) is 13.2. The lowest BCUT2D eigenvalue weighted by atomic mass is 9.96. The number of benzene rings is 1. The van der Waals surface area contributed by atoms with Gasteiger partial charge >= 0.3 is 0 Å². The first-order valence-electron chi connectivity index (χ1n) is 7.19. The molecule has 3 rings (SSSR count). The van der Waals surface area contributed by atoms with E-state index >= 15 is 0 Å². The first-order valence-corrected chi connectivity index (χ1v) is 8.82. The van der Waals surface area contributed by atoms with Crippen molar-refractivity contribution in [2.45, 2.75) is 13.8 Å². The molecule has 1 aromatic carbocycles. The van der Waals surface area contributed by atoms with Gasteiger partial charge in [0.2, 0.25) is 0 Å². The molecule has 0 N–H and O–H groups in total. The van der Waals surface area contributed by atoms with Crippen LogP contribution in [0.5, 0.6) is 0 Å². The maximum atomic E-state index is 4.00. The van der Waals surface area contributed by atoms with E-state index in [0.29, 0.717) is 0 Å². The third-order valence-corrected chi connectivity index (χ3v) is 5.74. The van der Waals surface area contributed by atoms with Crippen LogP contribution in [0.25, 0.3) is 33.0 Å².